The van der Waals surface area contributed by atoms with Gasteiger partial charge in [0.15, 0.2) is 0 Å². The Morgan fingerprint density at radius 2 is 1.59 bits per heavy atom. The van der Waals surface area contributed by atoms with Gasteiger partial charge in [-0.2, -0.15) is 0 Å². The molecule has 0 fully saturated rings. The topological polar surface area (TPSA) is 113 Å². The Labute approximate surface area is 258 Å². The molecule has 1 amide bonds. The molecule has 0 saturated heterocycles. The van der Waals surface area contributed by atoms with E-state index in [0.717, 1.165) is 39.9 Å². The van der Waals surface area contributed by atoms with E-state index in [0.29, 0.717) is 47.7 Å². The third-order valence-electron chi connectivity index (χ3n) is 9.21. The largest absolute Gasteiger partial charge is 0.465 e. The highest BCUT2D eigenvalue weighted by Gasteiger charge is 2.31. The first-order chi connectivity index (χ1) is 21.0. The molecule has 1 atom stereocenters. The minimum Gasteiger partial charge on any atom is -0.465 e. The van der Waals surface area contributed by atoms with Gasteiger partial charge in [0.05, 0.1) is 37.1 Å². The Morgan fingerprint density at radius 3 is 2.25 bits per heavy atom. The highest BCUT2D eigenvalue weighted by molar-refractivity contribution is 6.25. The zero-order chi connectivity index (χ0) is 31.9. The van der Waals surface area contributed by atoms with Crippen LogP contribution in [0.4, 0.5) is 0 Å². The van der Waals surface area contributed by atoms with Crippen molar-refractivity contribution < 1.29 is 19.1 Å². The molecule has 0 aliphatic carbocycles. The van der Waals surface area contributed by atoms with E-state index in [2.05, 4.69) is 56.7 Å². The summed E-state index contributed by atoms with van der Waals surface area (Å²) in [5.41, 5.74) is 13.2. The maximum Gasteiger partial charge on any atom is 0.340 e. The maximum atomic E-state index is 13.6. The first kappa shape index (κ1) is 31.2. The SMILES string of the molecule is CCc1c(C)c2cc3[nH]c(cc4nc(c(CC(=O)N(C)CCOC)c5nc(cc1[nH]2)C(C)=C5C(=O)OC)CC4C)c(C)c3C. The summed E-state index contributed by atoms with van der Waals surface area (Å²) in [4.78, 5) is 46.0. The van der Waals surface area contributed by atoms with Crippen LogP contribution in [0.15, 0.2) is 18.2 Å². The fourth-order valence-electron chi connectivity index (χ4n) is 6.17. The van der Waals surface area contributed by atoms with Crippen molar-refractivity contribution in [1.29, 1.82) is 0 Å². The van der Waals surface area contributed by atoms with E-state index in [9.17, 15) is 9.59 Å². The Kier molecular flexibility index (Phi) is 8.79. The van der Waals surface area contributed by atoms with Crippen molar-refractivity contribution in [1.82, 2.24) is 24.8 Å². The molecule has 1 unspecified atom stereocenters. The number of fused-ring (bicyclic) bond motifs is 8. The zero-order valence-electron chi connectivity index (χ0n) is 27.3. The summed E-state index contributed by atoms with van der Waals surface area (Å²) in [6, 6.07) is 6.29. The van der Waals surface area contributed by atoms with E-state index in [1.807, 2.05) is 13.0 Å². The van der Waals surface area contributed by atoms with E-state index in [-0.39, 0.29) is 18.2 Å². The van der Waals surface area contributed by atoms with Crippen LogP contribution >= 0.6 is 0 Å². The Bertz CT molecular complexity index is 1850. The van der Waals surface area contributed by atoms with E-state index in [1.54, 1.807) is 19.1 Å². The summed E-state index contributed by atoms with van der Waals surface area (Å²) in [5.74, 6) is -0.481. The molecule has 2 aliphatic rings. The lowest BCUT2D eigenvalue weighted by Crippen LogP contribution is -2.31. The second-order valence-electron chi connectivity index (χ2n) is 11.9. The van der Waals surface area contributed by atoms with Crippen molar-refractivity contribution in [3.63, 3.8) is 0 Å². The summed E-state index contributed by atoms with van der Waals surface area (Å²) in [5, 5.41) is 0. The predicted molar refractivity (Wildman–Crippen MR) is 174 cm³/mol. The number of rotatable bonds is 7. The number of aromatic amines is 2. The fraction of sp³-hybridized carbons (Fsp3) is 0.429. The van der Waals surface area contributed by atoms with Crippen molar-refractivity contribution in [3.8, 4) is 0 Å². The molecule has 0 spiro atoms. The molecule has 9 heteroatoms. The Balaban J connectivity index is 1.93. The first-order valence-corrected chi connectivity index (χ1v) is 15.2. The van der Waals surface area contributed by atoms with Gasteiger partial charge in [0, 0.05) is 65.6 Å². The molecule has 0 saturated carbocycles. The second-order valence-corrected chi connectivity index (χ2v) is 11.9. The van der Waals surface area contributed by atoms with Gasteiger partial charge >= 0.3 is 5.97 Å². The number of ether oxygens (including phenoxy) is 2. The van der Waals surface area contributed by atoms with Gasteiger partial charge in [0.25, 0.3) is 0 Å². The summed E-state index contributed by atoms with van der Waals surface area (Å²) < 4.78 is 10.5. The molecule has 3 aromatic rings. The van der Waals surface area contributed by atoms with Gasteiger partial charge in [-0.05, 0) is 86.6 Å². The van der Waals surface area contributed by atoms with E-state index >= 15 is 0 Å². The standard InChI is InChI=1S/C35H43N5O4/c1-10-23-21(5)28-16-27-20(4)19(3)26(37-27)15-25-18(2)13-30(36-25)24(14-32(41)40(7)11-12-43-8)34-33(35(42)44-9)22(6)29(39-34)17-31(23)38-28/h15-18,37-38H,10-14H2,1-9H3. The highest BCUT2D eigenvalue weighted by Crippen LogP contribution is 2.36. The quantitative estimate of drug-likeness (QED) is 0.328. The van der Waals surface area contributed by atoms with Crippen LogP contribution in [0.25, 0.3) is 33.2 Å². The number of carbonyl (C=O) groups excluding carboxylic acids is 2. The van der Waals surface area contributed by atoms with Gasteiger partial charge < -0.3 is 24.3 Å². The summed E-state index contributed by atoms with van der Waals surface area (Å²) in [6.45, 7) is 13.4. The number of amides is 1. The average molecular weight is 598 g/mol. The molecule has 0 radical (unpaired) electrons. The van der Waals surface area contributed by atoms with E-state index in [4.69, 9.17) is 19.4 Å². The number of allylic oxidation sites excluding steroid dienone is 1. The van der Waals surface area contributed by atoms with Crippen LogP contribution < -0.4 is 0 Å². The molecule has 2 N–H and O–H groups in total. The number of nitrogens with zero attached hydrogens (tertiary/aromatic N) is 3. The third-order valence-corrected chi connectivity index (χ3v) is 9.21. The summed E-state index contributed by atoms with van der Waals surface area (Å²) >= 11 is 0. The number of nitrogens with one attached hydrogen (secondary N) is 2. The van der Waals surface area contributed by atoms with Crippen LogP contribution in [0.5, 0.6) is 0 Å². The Morgan fingerprint density at radius 1 is 0.932 bits per heavy atom. The fourth-order valence-corrected chi connectivity index (χ4v) is 6.17. The van der Waals surface area contributed by atoms with Crippen LogP contribution in [0.2, 0.25) is 0 Å². The maximum absolute atomic E-state index is 13.6. The van der Waals surface area contributed by atoms with Crippen molar-refractivity contribution in [2.45, 2.75) is 66.7 Å². The number of H-pyrrole nitrogens is 2. The average Bonchev–Trinajstić information content (AvgIpc) is 3.69. The smallest absolute Gasteiger partial charge is 0.340 e. The normalized spacial score (nSPS) is 14.7. The van der Waals surface area contributed by atoms with Crippen LogP contribution in [0, 0.1) is 20.8 Å². The van der Waals surface area contributed by atoms with Crippen LogP contribution in [-0.4, -0.2) is 71.1 Å². The van der Waals surface area contributed by atoms with Gasteiger partial charge in [0.2, 0.25) is 5.91 Å². The number of carbonyl (C=O) groups is 2. The number of hydrogen-bond acceptors (Lipinski definition) is 6. The molecule has 9 nitrogen and oxygen atoms in total. The van der Waals surface area contributed by atoms with E-state index in [1.165, 1.54) is 29.4 Å². The second kappa shape index (κ2) is 12.4. The van der Waals surface area contributed by atoms with Crippen molar-refractivity contribution in [2.75, 3.05) is 34.4 Å². The number of aromatic nitrogens is 4. The van der Waals surface area contributed by atoms with E-state index < -0.39 is 5.97 Å². The summed E-state index contributed by atoms with van der Waals surface area (Å²) in [7, 11) is 4.74. The highest BCUT2D eigenvalue weighted by atomic mass is 16.5. The molecule has 3 aromatic heterocycles. The minimum atomic E-state index is -0.486. The lowest BCUT2D eigenvalue weighted by Gasteiger charge is -2.18. The molecule has 44 heavy (non-hydrogen) atoms. The molecular formula is C35H43N5O4. The first-order valence-electron chi connectivity index (χ1n) is 15.2. The third kappa shape index (κ3) is 5.56. The molecule has 8 bridgehead atoms. The molecule has 5 rings (SSSR count). The number of esters is 1. The lowest BCUT2D eigenvalue weighted by molar-refractivity contribution is -0.133. The van der Waals surface area contributed by atoms with Gasteiger partial charge in [-0.1, -0.05) is 13.8 Å². The van der Waals surface area contributed by atoms with Gasteiger partial charge in [-0.3, -0.25) is 9.78 Å². The van der Waals surface area contributed by atoms with Gasteiger partial charge in [0.1, 0.15) is 0 Å². The predicted octanol–water partition coefficient (Wildman–Crippen LogP) is 5.90. The van der Waals surface area contributed by atoms with Crippen LogP contribution in [0.3, 0.4) is 0 Å². The van der Waals surface area contributed by atoms with Crippen molar-refractivity contribution >= 4 is 45.1 Å². The zero-order valence-corrected chi connectivity index (χ0v) is 27.3. The number of methoxy groups -OCH3 is 2. The lowest BCUT2D eigenvalue weighted by atomic mass is 9.96. The number of likely N-dealkylation sites (N-methyl/N-ethyl adjacent to an activating group) is 1. The number of aryl methyl sites for hydroxylation is 4. The van der Waals surface area contributed by atoms with Crippen LogP contribution in [-0.2, 0) is 38.3 Å². The minimum absolute atomic E-state index is 0.0463. The molecule has 232 valence electrons. The number of hydrogen-bond donors (Lipinski definition) is 2. The monoisotopic (exact) mass is 597 g/mol. The molecular weight excluding hydrogens is 554 g/mol. The van der Waals surface area contributed by atoms with Gasteiger partial charge in [-0.15, -0.1) is 0 Å². The molecule has 2 aliphatic heterocycles. The molecule has 0 aromatic carbocycles. The van der Waals surface area contributed by atoms with Gasteiger partial charge in [-0.25, -0.2) is 9.78 Å². The van der Waals surface area contributed by atoms with Crippen molar-refractivity contribution in [2.24, 2.45) is 0 Å². The summed E-state index contributed by atoms with van der Waals surface area (Å²) in [6.07, 6.45) is 1.50. The van der Waals surface area contributed by atoms with Crippen LogP contribution in [0.1, 0.15) is 77.3 Å². The molecule has 5 heterocycles. The van der Waals surface area contributed by atoms with Crippen molar-refractivity contribution in [3.05, 3.63) is 68.8 Å². The Hall–Kier alpha value is -4.24.